The predicted molar refractivity (Wildman–Crippen MR) is 93.8 cm³/mol. The summed E-state index contributed by atoms with van der Waals surface area (Å²) in [7, 11) is 0. The standard InChI is InChI=1S/C18H14N4O3/c1-9-10(2)20-14-7-11(3-5-13(14)19-9)17(23)21-12-4-6-16-15(8-12)22-18(24)25-16/h3-8H,1-2H3,(H,21,23)(H,22,24). The van der Waals surface area contributed by atoms with Gasteiger partial charge in [0.05, 0.1) is 27.9 Å². The van der Waals surface area contributed by atoms with Crippen molar-refractivity contribution in [2.45, 2.75) is 13.8 Å². The molecule has 0 atom stereocenters. The summed E-state index contributed by atoms with van der Waals surface area (Å²) in [6.45, 7) is 3.79. The van der Waals surface area contributed by atoms with Crippen LogP contribution in [0.4, 0.5) is 5.69 Å². The summed E-state index contributed by atoms with van der Waals surface area (Å²) in [5, 5.41) is 2.80. The first-order valence-electron chi connectivity index (χ1n) is 7.69. The summed E-state index contributed by atoms with van der Waals surface area (Å²) in [6.07, 6.45) is 0. The number of fused-ring (bicyclic) bond motifs is 2. The second kappa shape index (κ2) is 5.55. The number of benzene rings is 2. The number of hydrogen-bond donors (Lipinski definition) is 2. The van der Waals surface area contributed by atoms with E-state index in [4.69, 9.17) is 4.42 Å². The van der Waals surface area contributed by atoms with Gasteiger partial charge in [0.25, 0.3) is 5.91 Å². The quantitative estimate of drug-likeness (QED) is 0.587. The molecule has 0 saturated carbocycles. The normalized spacial score (nSPS) is 11.1. The van der Waals surface area contributed by atoms with Gasteiger partial charge in [0.1, 0.15) is 0 Å². The summed E-state index contributed by atoms with van der Waals surface area (Å²) in [4.78, 5) is 35.2. The van der Waals surface area contributed by atoms with Gasteiger partial charge in [0.2, 0.25) is 0 Å². The van der Waals surface area contributed by atoms with Gasteiger partial charge in [-0.15, -0.1) is 0 Å². The van der Waals surface area contributed by atoms with E-state index in [9.17, 15) is 9.59 Å². The van der Waals surface area contributed by atoms with Crippen LogP contribution in [0.2, 0.25) is 0 Å². The molecule has 2 aromatic heterocycles. The molecule has 0 aliphatic carbocycles. The van der Waals surface area contributed by atoms with Crippen LogP contribution in [0.25, 0.3) is 22.1 Å². The molecule has 25 heavy (non-hydrogen) atoms. The molecule has 0 fully saturated rings. The van der Waals surface area contributed by atoms with Crippen LogP contribution >= 0.6 is 0 Å². The maximum Gasteiger partial charge on any atom is 0.417 e. The van der Waals surface area contributed by atoms with Crippen LogP contribution in [0, 0.1) is 13.8 Å². The number of amides is 1. The zero-order chi connectivity index (χ0) is 17.6. The van der Waals surface area contributed by atoms with Crippen LogP contribution in [-0.2, 0) is 0 Å². The van der Waals surface area contributed by atoms with Crippen molar-refractivity contribution in [3.05, 3.63) is 63.9 Å². The van der Waals surface area contributed by atoms with Crippen LogP contribution in [0.5, 0.6) is 0 Å². The molecule has 124 valence electrons. The first kappa shape index (κ1) is 15.1. The molecule has 0 radical (unpaired) electrons. The van der Waals surface area contributed by atoms with Crippen molar-refractivity contribution in [1.82, 2.24) is 15.0 Å². The third-order valence-electron chi connectivity index (χ3n) is 4.01. The van der Waals surface area contributed by atoms with Gasteiger partial charge in [-0.25, -0.2) is 14.8 Å². The minimum atomic E-state index is -0.530. The van der Waals surface area contributed by atoms with Crippen LogP contribution in [0.1, 0.15) is 21.7 Å². The SMILES string of the molecule is Cc1nc2ccc(C(=O)Nc3ccc4oc(=O)[nH]c4c3)cc2nc1C. The fourth-order valence-corrected chi connectivity index (χ4v) is 2.60. The van der Waals surface area contributed by atoms with Crippen molar-refractivity contribution >= 4 is 33.7 Å². The Balaban J connectivity index is 1.66. The number of carbonyl (C=O) groups excluding carboxylic acids is 1. The van der Waals surface area contributed by atoms with E-state index in [0.717, 1.165) is 16.9 Å². The summed E-state index contributed by atoms with van der Waals surface area (Å²) >= 11 is 0. The first-order chi connectivity index (χ1) is 12.0. The lowest BCUT2D eigenvalue weighted by molar-refractivity contribution is 0.102. The lowest BCUT2D eigenvalue weighted by atomic mass is 10.1. The summed E-state index contributed by atoms with van der Waals surface area (Å²) in [6, 6.07) is 10.1. The van der Waals surface area contributed by atoms with E-state index in [1.165, 1.54) is 0 Å². The number of H-pyrrole nitrogens is 1. The van der Waals surface area contributed by atoms with Crippen molar-refractivity contribution in [2.75, 3.05) is 5.32 Å². The number of anilines is 1. The first-order valence-corrected chi connectivity index (χ1v) is 7.69. The van der Waals surface area contributed by atoms with E-state index in [1.54, 1.807) is 36.4 Å². The van der Waals surface area contributed by atoms with Crippen molar-refractivity contribution in [3.8, 4) is 0 Å². The minimum Gasteiger partial charge on any atom is -0.408 e. The number of aromatic amines is 1. The molecular weight excluding hydrogens is 320 g/mol. The topological polar surface area (TPSA) is 101 Å². The largest absolute Gasteiger partial charge is 0.417 e. The highest BCUT2D eigenvalue weighted by Gasteiger charge is 2.10. The number of hydrogen-bond acceptors (Lipinski definition) is 5. The number of aryl methyl sites for hydroxylation is 2. The third-order valence-corrected chi connectivity index (χ3v) is 4.01. The van der Waals surface area contributed by atoms with Gasteiger partial charge in [0, 0.05) is 11.3 Å². The molecule has 4 rings (SSSR count). The van der Waals surface area contributed by atoms with Gasteiger partial charge in [0.15, 0.2) is 5.58 Å². The summed E-state index contributed by atoms with van der Waals surface area (Å²) in [5.74, 6) is -0.802. The molecule has 0 saturated heterocycles. The lowest BCUT2D eigenvalue weighted by Gasteiger charge is -2.07. The van der Waals surface area contributed by atoms with Crippen LogP contribution < -0.4 is 11.1 Å². The molecule has 7 nitrogen and oxygen atoms in total. The number of oxazole rings is 1. The zero-order valence-corrected chi connectivity index (χ0v) is 13.6. The molecule has 7 heteroatoms. The van der Waals surface area contributed by atoms with Crippen molar-refractivity contribution in [3.63, 3.8) is 0 Å². The highest BCUT2D eigenvalue weighted by atomic mass is 16.4. The molecule has 0 aliphatic heterocycles. The van der Waals surface area contributed by atoms with Crippen molar-refractivity contribution in [2.24, 2.45) is 0 Å². The summed E-state index contributed by atoms with van der Waals surface area (Å²) < 4.78 is 4.94. The van der Waals surface area contributed by atoms with E-state index in [2.05, 4.69) is 20.3 Å². The average Bonchev–Trinajstić information content (AvgIpc) is 2.94. The fourth-order valence-electron chi connectivity index (χ4n) is 2.60. The molecule has 0 aliphatic rings. The second-order valence-electron chi connectivity index (χ2n) is 5.78. The van der Waals surface area contributed by atoms with Crippen LogP contribution in [-0.4, -0.2) is 20.9 Å². The monoisotopic (exact) mass is 334 g/mol. The predicted octanol–water partition coefficient (Wildman–Crippen LogP) is 2.93. The maximum absolute atomic E-state index is 12.5. The smallest absolute Gasteiger partial charge is 0.408 e. The molecule has 2 N–H and O–H groups in total. The fraction of sp³-hybridized carbons (Fsp3) is 0.111. The van der Waals surface area contributed by atoms with Gasteiger partial charge in [-0.1, -0.05) is 0 Å². The molecular formula is C18H14N4O3. The Morgan fingerprint density at radius 2 is 1.80 bits per heavy atom. The Hall–Kier alpha value is -3.48. The maximum atomic E-state index is 12.5. The molecule has 0 spiro atoms. The Morgan fingerprint density at radius 1 is 1.04 bits per heavy atom. The lowest BCUT2D eigenvalue weighted by Crippen LogP contribution is -2.12. The number of carbonyl (C=O) groups is 1. The highest BCUT2D eigenvalue weighted by molar-refractivity contribution is 6.06. The summed E-state index contributed by atoms with van der Waals surface area (Å²) in [5.41, 5.74) is 5.12. The zero-order valence-electron chi connectivity index (χ0n) is 13.6. The Bertz CT molecular complexity index is 1190. The van der Waals surface area contributed by atoms with Gasteiger partial charge in [-0.05, 0) is 50.2 Å². The van der Waals surface area contributed by atoms with Gasteiger partial charge in [-0.2, -0.15) is 0 Å². The highest BCUT2D eigenvalue weighted by Crippen LogP contribution is 2.19. The number of nitrogens with one attached hydrogen (secondary N) is 2. The molecule has 0 bridgehead atoms. The number of nitrogens with zero attached hydrogens (tertiary/aromatic N) is 2. The van der Waals surface area contributed by atoms with Crippen LogP contribution in [0.3, 0.4) is 0 Å². The van der Waals surface area contributed by atoms with Gasteiger partial charge >= 0.3 is 5.76 Å². The third kappa shape index (κ3) is 2.76. The Morgan fingerprint density at radius 3 is 2.60 bits per heavy atom. The van der Waals surface area contributed by atoms with E-state index in [-0.39, 0.29) is 5.91 Å². The molecule has 2 heterocycles. The molecule has 4 aromatic rings. The van der Waals surface area contributed by atoms with Gasteiger partial charge < -0.3 is 9.73 Å². The van der Waals surface area contributed by atoms with Crippen LogP contribution in [0.15, 0.2) is 45.6 Å². The number of aromatic nitrogens is 3. The van der Waals surface area contributed by atoms with E-state index in [0.29, 0.717) is 27.9 Å². The van der Waals surface area contributed by atoms with E-state index < -0.39 is 5.76 Å². The molecule has 1 amide bonds. The van der Waals surface area contributed by atoms with Gasteiger partial charge in [-0.3, -0.25) is 9.78 Å². The van der Waals surface area contributed by atoms with E-state index in [1.807, 2.05) is 13.8 Å². The average molecular weight is 334 g/mol. The van der Waals surface area contributed by atoms with Crippen molar-refractivity contribution < 1.29 is 9.21 Å². The second-order valence-corrected chi connectivity index (χ2v) is 5.78. The Kier molecular flexibility index (Phi) is 3.35. The molecule has 0 unspecified atom stereocenters. The number of rotatable bonds is 2. The minimum absolute atomic E-state index is 0.271. The Labute approximate surface area is 141 Å². The van der Waals surface area contributed by atoms with Crippen molar-refractivity contribution in [1.29, 1.82) is 0 Å². The van der Waals surface area contributed by atoms with E-state index >= 15 is 0 Å². The molecule has 2 aromatic carbocycles.